The predicted octanol–water partition coefficient (Wildman–Crippen LogP) is 15.0. The van der Waals surface area contributed by atoms with E-state index >= 15 is 0 Å². The van der Waals surface area contributed by atoms with E-state index in [-0.39, 0.29) is 0 Å². The number of fused-ring (bicyclic) bond motifs is 6. The minimum Gasteiger partial charge on any atom is -0.326 e. The Morgan fingerprint density at radius 2 is 1.36 bits per heavy atom. The van der Waals surface area contributed by atoms with E-state index in [0.29, 0.717) is 6.54 Å². The molecule has 0 fully saturated rings. The number of hydrogen-bond donors (Lipinski definition) is 2. The molecule has 0 heterocycles. The third kappa shape index (κ3) is 9.29. The summed E-state index contributed by atoms with van der Waals surface area (Å²) in [4.78, 5) is 1.02. The third-order valence-electron chi connectivity index (χ3n) is 10.2. The van der Waals surface area contributed by atoms with Crippen LogP contribution in [0.3, 0.4) is 0 Å². The van der Waals surface area contributed by atoms with E-state index in [1.165, 1.54) is 78.5 Å². The number of nitrogens with two attached hydrogens (primary N) is 1. The van der Waals surface area contributed by atoms with Crippen molar-refractivity contribution in [2.75, 3.05) is 0 Å². The molecule has 2 N–H and O–H groups in total. The van der Waals surface area contributed by atoms with Gasteiger partial charge in [-0.25, -0.2) is 0 Å². The normalized spacial score (nSPS) is 12.3. The Balaban J connectivity index is 0.000000190. The molecule has 0 radical (unpaired) electrons. The number of thiol groups is 1. The van der Waals surface area contributed by atoms with Crippen molar-refractivity contribution in [2.45, 2.75) is 44.0 Å². The molecule has 0 saturated carbocycles. The van der Waals surface area contributed by atoms with Gasteiger partial charge in [0, 0.05) is 11.4 Å². The van der Waals surface area contributed by atoms with Crippen molar-refractivity contribution in [1.82, 2.24) is 0 Å². The van der Waals surface area contributed by atoms with Gasteiger partial charge in [-0.05, 0) is 120 Å². The molecule has 0 spiro atoms. The zero-order valence-corrected chi connectivity index (χ0v) is 33.3. The highest BCUT2D eigenvalue weighted by Gasteiger charge is 2.13. The van der Waals surface area contributed by atoms with Crippen LogP contribution in [0, 0.1) is 0 Å². The van der Waals surface area contributed by atoms with Crippen molar-refractivity contribution in [1.29, 1.82) is 0 Å². The SMILES string of the molecule is C=C/C=C(\C=C)c1ccc(CN)cc1.C=Cc1cccc2c3ccccc3c3cc(-c4ccc(S)c(C5=CCCC=C5)c4)ccc3c12.CCCc1ccccc1. The van der Waals surface area contributed by atoms with Crippen LogP contribution in [0.5, 0.6) is 0 Å². The molecule has 8 rings (SSSR count). The van der Waals surface area contributed by atoms with E-state index < -0.39 is 0 Å². The molecular formula is C54H51NS. The smallest absolute Gasteiger partial charge is 0.0178 e. The Bertz CT molecular complexity index is 2570. The highest BCUT2D eigenvalue weighted by Crippen LogP contribution is 2.39. The molecular weight excluding hydrogens is 695 g/mol. The van der Waals surface area contributed by atoms with E-state index in [1.54, 1.807) is 6.08 Å². The fourth-order valence-corrected chi connectivity index (χ4v) is 7.59. The fraction of sp³-hybridized carbons (Fsp3) is 0.111. The molecule has 56 heavy (non-hydrogen) atoms. The summed E-state index contributed by atoms with van der Waals surface area (Å²) in [6.45, 7) is 14.3. The Morgan fingerprint density at radius 1 is 0.679 bits per heavy atom. The van der Waals surface area contributed by atoms with E-state index in [4.69, 9.17) is 18.4 Å². The summed E-state index contributed by atoms with van der Waals surface area (Å²) < 4.78 is 0. The lowest BCUT2D eigenvalue weighted by atomic mass is 9.89. The van der Waals surface area contributed by atoms with Crippen LogP contribution in [0.4, 0.5) is 0 Å². The van der Waals surface area contributed by atoms with Gasteiger partial charge in [0.05, 0.1) is 0 Å². The molecule has 1 aliphatic carbocycles. The van der Waals surface area contributed by atoms with E-state index in [9.17, 15) is 0 Å². The fourth-order valence-electron chi connectivity index (χ4n) is 7.32. The van der Waals surface area contributed by atoms with Gasteiger partial charge < -0.3 is 5.73 Å². The van der Waals surface area contributed by atoms with Gasteiger partial charge >= 0.3 is 0 Å². The molecule has 0 aliphatic heterocycles. The highest BCUT2D eigenvalue weighted by molar-refractivity contribution is 7.80. The van der Waals surface area contributed by atoms with Gasteiger partial charge in [0.15, 0.2) is 0 Å². The molecule has 0 bridgehead atoms. The van der Waals surface area contributed by atoms with Crippen LogP contribution in [0.25, 0.3) is 60.7 Å². The molecule has 0 amide bonds. The van der Waals surface area contributed by atoms with Crippen LogP contribution in [-0.2, 0) is 13.0 Å². The molecule has 278 valence electrons. The number of rotatable bonds is 9. The maximum Gasteiger partial charge on any atom is 0.0178 e. The lowest BCUT2D eigenvalue weighted by molar-refractivity contribution is 0.922. The van der Waals surface area contributed by atoms with Crippen LogP contribution in [0.2, 0.25) is 0 Å². The van der Waals surface area contributed by atoms with Gasteiger partial charge in [0.25, 0.3) is 0 Å². The minimum atomic E-state index is 0.578. The predicted molar refractivity (Wildman–Crippen MR) is 251 cm³/mol. The third-order valence-corrected chi connectivity index (χ3v) is 10.6. The van der Waals surface area contributed by atoms with Crippen molar-refractivity contribution in [3.8, 4) is 11.1 Å². The Morgan fingerprint density at radius 3 is 2.02 bits per heavy atom. The van der Waals surface area contributed by atoms with Crippen molar-refractivity contribution in [3.63, 3.8) is 0 Å². The second kappa shape index (κ2) is 19.6. The summed E-state index contributed by atoms with van der Waals surface area (Å²) in [6, 6.07) is 47.4. The average molecular weight is 746 g/mol. The molecule has 1 nitrogen and oxygen atoms in total. The molecule has 1 aliphatic rings. The first-order chi connectivity index (χ1) is 27.5. The van der Waals surface area contributed by atoms with Crippen LogP contribution in [-0.4, -0.2) is 0 Å². The van der Waals surface area contributed by atoms with Crippen molar-refractivity contribution in [3.05, 3.63) is 217 Å². The van der Waals surface area contributed by atoms with E-state index in [0.717, 1.165) is 34.4 Å². The van der Waals surface area contributed by atoms with Crippen LogP contribution >= 0.6 is 12.6 Å². The average Bonchev–Trinajstić information content (AvgIpc) is 3.26. The molecule has 0 unspecified atom stereocenters. The van der Waals surface area contributed by atoms with E-state index in [1.807, 2.05) is 42.5 Å². The van der Waals surface area contributed by atoms with Crippen molar-refractivity contribution >= 4 is 62.2 Å². The molecule has 2 heteroatoms. The molecule has 7 aromatic carbocycles. The summed E-state index contributed by atoms with van der Waals surface area (Å²) in [7, 11) is 0. The van der Waals surface area contributed by atoms with Gasteiger partial charge in [-0.2, -0.15) is 0 Å². The second-order valence-electron chi connectivity index (χ2n) is 13.8. The van der Waals surface area contributed by atoms with E-state index in [2.05, 4.69) is 154 Å². The Hall–Kier alpha value is -5.93. The minimum absolute atomic E-state index is 0.578. The largest absolute Gasteiger partial charge is 0.326 e. The lowest BCUT2D eigenvalue weighted by Gasteiger charge is -2.15. The molecule has 0 aromatic heterocycles. The quantitative estimate of drug-likeness (QED) is 0.0859. The first kappa shape index (κ1) is 39.8. The zero-order chi connectivity index (χ0) is 39.3. The highest BCUT2D eigenvalue weighted by atomic mass is 32.1. The first-order valence-electron chi connectivity index (χ1n) is 19.5. The number of hydrogen-bond acceptors (Lipinski definition) is 2. The van der Waals surface area contributed by atoms with Crippen molar-refractivity contribution in [2.24, 2.45) is 5.73 Å². The maximum atomic E-state index is 5.52. The summed E-state index contributed by atoms with van der Waals surface area (Å²) in [5, 5.41) is 7.67. The van der Waals surface area contributed by atoms with Gasteiger partial charge in [-0.15, -0.1) is 12.6 Å². The Kier molecular flexibility index (Phi) is 13.9. The van der Waals surface area contributed by atoms with Gasteiger partial charge in [0.2, 0.25) is 0 Å². The van der Waals surface area contributed by atoms with Crippen LogP contribution < -0.4 is 5.73 Å². The second-order valence-corrected chi connectivity index (χ2v) is 14.3. The summed E-state index contributed by atoms with van der Waals surface area (Å²) in [5.74, 6) is 0. The summed E-state index contributed by atoms with van der Waals surface area (Å²) in [5.41, 5.74) is 16.4. The van der Waals surface area contributed by atoms with Crippen LogP contribution in [0.15, 0.2) is 195 Å². The van der Waals surface area contributed by atoms with Gasteiger partial charge in [0.1, 0.15) is 0 Å². The topological polar surface area (TPSA) is 26.0 Å². The Labute approximate surface area is 339 Å². The maximum absolute atomic E-state index is 5.52. The summed E-state index contributed by atoms with van der Waals surface area (Å²) in [6.07, 6.45) is 18.9. The molecule has 0 saturated heterocycles. The van der Waals surface area contributed by atoms with Gasteiger partial charge in [-0.1, -0.05) is 191 Å². The monoisotopic (exact) mass is 745 g/mol. The number of allylic oxidation sites excluding steroid dienone is 8. The first-order valence-corrected chi connectivity index (χ1v) is 19.9. The lowest BCUT2D eigenvalue weighted by Crippen LogP contribution is -1.95. The number of benzene rings is 7. The van der Waals surface area contributed by atoms with Crippen LogP contribution in [0.1, 0.15) is 54.0 Å². The molecule has 7 aromatic rings. The van der Waals surface area contributed by atoms with Crippen molar-refractivity contribution < 1.29 is 0 Å². The number of aryl methyl sites for hydroxylation is 1. The standard InChI is InChI=1S/C32H24S.C13H15N.C9H12/c1-2-21-11-8-14-27-25-12-6-7-13-26(25)30-20-23(15-17-28(30)32(21)27)24-16-18-31(33)29(19-24)22-9-4-3-5-10-22;1-3-5-12(4-2)13-8-6-11(10-14)7-9-13;1-2-6-9-7-4-3-5-8-9/h2,4,6-20,33H,1,3,5H2;3-9H,1-2,10,14H2;3-5,7-8H,2,6H2,1H3/b;12-5+;. The van der Waals surface area contributed by atoms with Gasteiger partial charge in [-0.3, -0.25) is 0 Å². The molecule has 0 atom stereocenters. The zero-order valence-electron chi connectivity index (χ0n) is 32.4. The summed E-state index contributed by atoms with van der Waals surface area (Å²) >= 11 is 4.75.